The maximum Gasteiger partial charge on any atom is 0.363 e. The van der Waals surface area contributed by atoms with E-state index in [2.05, 4.69) is 70.2 Å². The van der Waals surface area contributed by atoms with Crippen molar-refractivity contribution in [3.05, 3.63) is 84.1 Å². The molecule has 0 bridgehead atoms. The Hall–Kier alpha value is -3.07. The lowest BCUT2D eigenvalue weighted by atomic mass is 9.49. The largest absolute Gasteiger partial charge is 0.363 e. The molecule has 6 rings (SSSR count). The first-order chi connectivity index (χ1) is 17.2. The lowest BCUT2D eigenvalue weighted by Crippen LogP contribution is -2.47. The molecule has 2 fully saturated rings. The van der Waals surface area contributed by atoms with Crippen LogP contribution in [0.1, 0.15) is 81.8 Å². The molecule has 3 heteroatoms. The highest BCUT2D eigenvalue weighted by atomic mass is 16.7. The smallest absolute Gasteiger partial charge is 0.331 e. The molecule has 1 heterocycles. The van der Waals surface area contributed by atoms with Crippen molar-refractivity contribution in [1.82, 2.24) is 4.73 Å². The topological polar surface area (TPSA) is 31.2 Å². The van der Waals surface area contributed by atoms with Gasteiger partial charge in [-0.3, -0.25) is 0 Å². The first-order valence-electron chi connectivity index (χ1n) is 13.6. The first-order valence-corrected chi connectivity index (χ1v) is 13.6. The Labute approximate surface area is 214 Å². The molecular weight excluding hydrogens is 442 g/mol. The van der Waals surface area contributed by atoms with E-state index in [1.165, 1.54) is 30.0 Å². The maximum atomic E-state index is 13.2. The molecule has 2 aliphatic rings. The highest BCUT2D eigenvalue weighted by Gasteiger charge is 2.50. The zero-order chi connectivity index (χ0) is 25.1. The Morgan fingerprint density at radius 2 is 1.50 bits per heavy atom. The number of rotatable bonds is 3. The Balaban J connectivity index is 1.45. The van der Waals surface area contributed by atoms with Gasteiger partial charge in [0.15, 0.2) is 0 Å². The summed E-state index contributed by atoms with van der Waals surface area (Å²) in [7, 11) is 0. The fourth-order valence-electron chi connectivity index (χ4n) is 7.31. The molecule has 2 saturated carbocycles. The molecule has 0 saturated heterocycles. The average molecular weight is 480 g/mol. The zero-order valence-electron chi connectivity index (χ0n) is 22.0. The summed E-state index contributed by atoms with van der Waals surface area (Å²) >= 11 is 0. The van der Waals surface area contributed by atoms with Crippen LogP contribution < -0.4 is 4.84 Å². The Bertz CT molecular complexity index is 1430. The molecule has 0 amide bonds. The van der Waals surface area contributed by atoms with Crippen molar-refractivity contribution < 1.29 is 9.63 Å². The molecule has 36 heavy (non-hydrogen) atoms. The Kier molecular flexibility index (Phi) is 5.51. The fraction of sp³-hybridized carbons (Fsp3) is 0.424. The van der Waals surface area contributed by atoms with Crippen LogP contribution in [0, 0.1) is 22.7 Å². The van der Waals surface area contributed by atoms with Crippen LogP contribution in [0.3, 0.4) is 0 Å². The number of aromatic nitrogens is 1. The van der Waals surface area contributed by atoms with Gasteiger partial charge in [0, 0.05) is 11.3 Å². The summed E-state index contributed by atoms with van der Waals surface area (Å²) in [5, 5.41) is 3.58. The molecule has 4 aromatic rings. The monoisotopic (exact) mass is 479 g/mol. The quantitative estimate of drug-likeness (QED) is 0.295. The second-order valence-corrected chi connectivity index (χ2v) is 12.5. The molecule has 0 aliphatic heterocycles. The first kappa shape index (κ1) is 23.3. The second kappa shape index (κ2) is 8.50. The molecule has 3 atom stereocenters. The highest BCUT2D eigenvalue weighted by Crippen LogP contribution is 2.59. The molecule has 2 aliphatic carbocycles. The molecule has 3 aromatic carbocycles. The Morgan fingerprint density at radius 3 is 2.28 bits per heavy atom. The van der Waals surface area contributed by atoms with Crippen molar-refractivity contribution in [2.75, 3.05) is 0 Å². The molecule has 0 spiro atoms. The standard InChI is InChI=1S/C33H37NO2/c1-32(2)18-19-33(3,4)28-20-24(14-16-27(28)32)30-21-26-25-13-9-8-10-22(25)15-17-29(26)34(30)36-31(35)23-11-6-5-7-12-23/h5-13,15,17,21,24,27-28H,14,16,18-20H2,1-4H3. The number of carbonyl (C=O) groups is 1. The van der Waals surface area contributed by atoms with Crippen LogP contribution in [0.4, 0.5) is 0 Å². The van der Waals surface area contributed by atoms with Gasteiger partial charge < -0.3 is 4.84 Å². The SMILES string of the molecule is CC1(C)CCC(C)(C)C2CC(c3cc4c5ccccc5ccc4n3OC(=O)c3ccccc3)CCC21. The fourth-order valence-corrected chi connectivity index (χ4v) is 7.31. The molecule has 0 radical (unpaired) electrons. The number of nitrogens with zero attached hydrogens (tertiary/aromatic N) is 1. The van der Waals surface area contributed by atoms with Gasteiger partial charge >= 0.3 is 5.97 Å². The van der Waals surface area contributed by atoms with E-state index in [4.69, 9.17) is 4.84 Å². The predicted octanol–water partition coefficient (Wildman–Crippen LogP) is 8.41. The van der Waals surface area contributed by atoms with E-state index in [-0.39, 0.29) is 5.97 Å². The maximum absolute atomic E-state index is 13.2. The predicted molar refractivity (Wildman–Crippen MR) is 147 cm³/mol. The third kappa shape index (κ3) is 3.84. The van der Waals surface area contributed by atoms with Crippen LogP contribution in [-0.2, 0) is 0 Å². The van der Waals surface area contributed by atoms with Crippen LogP contribution >= 0.6 is 0 Å². The normalized spacial score (nSPS) is 24.9. The highest BCUT2D eigenvalue weighted by molar-refractivity contribution is 6.07. The van der Waals surface area contributed by atoms with Crippen molar-refractivity contribution in [1.29, 1.82) is 0 Å². The average Bonchev–Trinajstić information content (AvgIpc) is 3.26. The van der Waals surface area contributed by atoms with Crippen LogP contribution in [0.5, 0.6) is 0 Å². The molecule has 3 unspecified atom stereocenters. The second-order valence-electron chi connectivity index (χ2n) is 12.5. The molecule has 0 N–H and O–H groups in total. The number of benzene rings is 3. The van der Waals surface area contributed by atoms with E-state index in [1.54, 1.807) is 0 Å². The van der Waals surface area contributed by atoms with Crippen molar-refractivity contribution in [2.45, 2.75) is 65.7 Å². The van der Waals surface area contributed by atoms with Crippen molar-refractivity contribution >= 4 is 27.6 Å². The number of hydrogen-bond donors (Lipinski definition) is 0. The summed E-state index contributed by atoms with van der Waals surface area (Å²) in [5.41, 5.74) is 3.42. The summed E-state index contributed by atoms with van der Waals surface area (Å²) in [6.07, 6.45) is 6.12. The lowest BCUT2D eigenvalue weighted by Gasteiger charge is -2.56. The number of carbonyl (C=O) groups excluding carboxylic acids is 1. The summed E-state index contributed by atoms with van der Waals surface area (Å²) in [4.78, 5) is 19.4. The van der Waals surface area contributed by atoms with Gasteiger partial charge in [-0.05, 0) is 89.8 Å². The van der Waals surface area contributed by atoms with E-state index in [0.717, 1.165) is 35.4 Å². The van der Waals surface area contributed by atoms with Crippen molar-refractivity contribution in [2.24, 2.45) is 22.7 Å². The van der Waals surface area contributed by atoms with Gasteiger partial charge in [-0.2, -0.15) is 4.73 Å². The van der Waals surface area contributed by atoms with Crippen LogP contribution in [0.2, 0.25) is 0 Å². The number of fused-ring (bicyclic) bond motifs is 4. The molecule has 3 nitrogen and oxygen atoms in total. The van der Waals surface area contributed by atoms with Gasteiger partial charge in [-0.1, -0.05) is 76.2 Å². The van der Waals surface area contributed by atoms with Gasteiger partial charge in [0.25, 0.3) is 0 Å². The zero-order valence-corrected chi connectivity index (χ0v) is 22.0. The molecular formula is C33H37NO2. The van der Waals surface area contributed by atoms with Gasteiger partial charge in [-0.25, -0.2) is 4.79 Å². The summed E-state index contributed by atoms with van der Waals surface area (Å²) < 4.78 is 1.86. The summed E-state index contributed by atoms with van der Waals surface area (Å²) in [6, 6.07) is 24.4. The summed E-state index contributed by atoms with van der Waals surface area (Å²) in [6.45, 7) is 9.90. The van der Waals surface area contributed by atoms with E-state index in [0.29, 0.717) is 28.2 Å². The van der Waals surface area contributed by atoms with Crippen LogP contribution in [-0.4, -0.2) is 10.7 Å². The Morgan fingerprint density at radius 1 is 0.806 bits per heavy atom. The number of hydrogen-bond acceptors (Lipinski definition) is 2. The summed E-state index contributed by atoms with van der Waals surface area (Å²) in [5.74, 6) is 1.49. The van der Waals surface area contributed by atoms with Crippen LogP contribution in [0.25, 0.3) is 21.7 Å². The molecule has 186 valence electrons. The minimum absolute atomic E-state index is 0.310. The van der Waals surface area contributed by atoms with Crippen LogP contribution in [0.15, 0.2) is 72.8 Å². The minimum atomic E-state index is -0.310. The lowest BCUT2D eigenvalue weighted by molar-refractivity contribution is -0.0513. The van der Waals surface area contributed by atoms with Crippen molar-refractivity contribution in [3.8, 4) is 0 Å². The van der Waals surface area contributed by atoms with Gasteiger partial charge in [0.05, 0.1) is 16.8 Å². The van der Waals surface area contributed by atoms with E-state index in [1.807, 2.05) is 35.1 Å². The van der Waals surface area contributed by atoms with Gasteiger partial charge in [-0.15, -0.1) is 0 Å². The third-order valence-corrected chi connectivity index (χ3v) is 9.57. The van der Waals surface area contributed by atoms with Gasteiger partial charge in [0.1, 0.15) is 0 Å². The third-order valence-electron chi connectivity index (χ3n) is 9.57. The van der Waals surface area contributed by atoms with E-state index >= 15 is 0 Å². The van der Waals surface area contributed by atoms with Gasteiger partial charge in [0.2, 0.25) is 0 Å². The van der Waals surface area contributed by atoms with Crippen molar-refractivity contribution in [3.63, 3.8) is 0 Å². The van der Waals surface area contributed by atoms with E-state index in [9.17, 15) is 4.79 Å². The van der Waals surface area contributed by atoms with E-state index < -0.39 is 0 Å². The minimum Gasteiger partial charge on any atom is -0.331 e. The molecule has 1 aromatic heterocycles.